The zero-order valence-electron chi connectivity index (χ0n) is 19.9. The van der Waals surface area contributed by atoms with E-state index in [2.05, 4.69) is 23.8 Å². The molecule has 1 atom stereocenters. The van der Waals surface area contributed by atoms with E-state index in [0.29, 0.717) is 17.4 Å². The molecule has 2 aromatic rings. The number of esters is 2. The highest BCUT2D eigenvalue weighted by Gasteiger charge is 2.26. The van der Waals surface area contributed by atoms with Crippen LogP contribution in [-0.4, -0.2) is 69.7 Å². The number of hydrogen-bond donors (Lipinski definition) is 2. The van der Waals surface area contributed by atoms with E-state index in [0.717, 1.165) is 12.2 Å². The maximum Gasteiger partial charge on any atom is 0.412 e. The number of ether oxygens (including phenoxy) is 6. The second-order valence-corrected chi connectivity index (χ2v) is 7.39. The number of fused-ring (bicyclic) bond motifs is 1. The van der Waals surface area contributed by atoms with Crippen molar-refractivity contribution in [1.82, 2.24) is 10.6 Å². The van der Waals surface area contributed by atoms with E-state index in [9.17, 15) is 19.2 Å². The first kappa shape index (κ1) is 27.0. The minimum Gasteiger partial charge on any atom is -0.487 e. The summed E-state index contributed by atoms with van der Waals surface area (Å²) in [4.78, 5) is 47.0. The third kappa shape index (κ3) is 8.54. The molecule has 1 fully saturated rings. The second kappa shape index (κ2) is 13.5. The zero-order chi connectivity index (χ0) is 26.6. The quantitative estimate of drug-likeness (QED) is 0.176. The van der Waals surface area contributed by atoms with Gasteiger partial charge in [0.25, 0.3) is 0 Å². The predicted molar refractivity (Wildman–Crippen MR) is 130 cm³/mol. The van der Waals surface area contributed by atoms with E-state index in [1.165, 1.54) is 6.07 Å². The molecule has 1 unspecified atom stereocenters. The number of rotatable bonds is 13. The molecule has 12 nitrogen and oxygen atoms in total. The molecule has 1 saturated heterocycles. The van der Waals surface area contributed by atoms with Gasteiger partial charge in [0.1, 0.15) is 31.7 Å². The highest BCUT2D eigenvalue weighted by molar-refractivity contribution is 5.98. The molecular formula is C25H26N2O10. The summed E-state index contributed by atoms with van der Waals surface area (Å²) in [5, 5.41) is 5.85. The van der Waals surface area contributed by atoms with Gasteiger partial charge < -0.3 is 39.1 Å². The highest BCUT2D eigenvalue weighted by atomic mass is 16.6. The normalized spacial score (nSPS) is 13.6. The van der Waals surface area contributed by atoms with Crippen LogP contribution < -0.4 is 24.8 Å². The molecule has 37 heavy (non-hydrogen) atoms. The Labute approximate surface area is 212 Å². The summed E-state index contributed by atoms with van der Waals surface area (Å²) in [6.07, 6.45) is 0.322. The first-order valence-electron chi connectivity index (χ1n) is 11.2. The Balaban J connectivity index is 1.74. The smallest absolute Gasteiger partial charge is 0.412 e. The minimum absolute atomic E-state index is 0.00588. The van der Waals surface area contributed by atoms with Crippen LogP contribution in [0.2, 0.25) is 0 Å². The first-order chi connectivity index (χ1) is 17.9. The number of benzene rings is 2. The average Bonchev–Trinajstić information content (AvgIpc) is 3.73. The molecule has 3 rings (SSSR count). The number of epoxide rings is 1. The van der Waals surface area contributed by atoms with E-state index >= 15 is 0 Å². The fourth-order valence-electron chi connectivity index (χ4n) is 2.93. The van der Waals surface area contributed by atoms with Crippen molar-refractivity contribution in [3.8, 4) is 17.2 Å². The van der Waals surface area contributed by atoms with Crippen molar-refractivity contribution in [3.05, 3.63) is 55.6 Å². The lowest BCUT2D eigenvalue weighted by molar-refractivity contribution is -0.138. The molecule has 1 heterocycles. The Kier molecular flexibility index (Phi) is 9.85. The summed E-state index contributed by atoms with van der Waals surface area (Å²) >= 11 is 0. The third-order valence-corrected chi connectivity index (χ3v) is 4.71. The molecule has 0 spiro atoms. The number of hydrogen-bond acceptors (Lipinski definition) is 10. The topological polar surface area (TPSA) is 151 Å². The van der Waals surface area contributed by atoms with Crippen LogP contribution in [0, 0.1) is 0 Å². The van der Waals surface area contributed by atoms with Crippen molar-refractivity contribution in [2.45, 2.75) is 6.10 Å². The van der Waals surface area contributed by atoms with Crippen LogP contribution in [0.15, 0.2) is 55.6 Å². The lowest BCUT2D eigenvalue weighted by Crippen LogP contribution is -2.31. The zero-order valence-corrected chi connectivity index (χ0v) is 19.9. The molecule has 0 radical (unpaired) electrons. The van der Waals surface area contributed by atoms with E-state index in [-0.39, 0.29) is 56.3 Å². The fourth-order valence-corrected chi connectivity index (χ4v) is 2.93. The molecule has 1 aliphatic heterocycles. The van der Waals surface area contributed by atoms with Crippen molar-refractivity contribution in [3.63, 3.8) is 0 Å². The van der Waals surface area contributed by atoms with Crippen molar-refractivity contribution in [2.75, 3.05) is 39.5 Å². The highest BCUT2D eigenvalue weighted by Crippen LogP contribution is 2.42. The monoisotopic (exact) mass is 514 g/mol. The Bertz CT molecular complexity index is 1180. The molecule has 0 saturated carbocycles. The maximum absolute atomic E-state index is 12.4. The molecule has 2 amide bonds. The van der Waals surface area contributed by atoms with Gasteiger partial charge in [-0.3, -0.25) is 0 Å². The van der Waals surface area contributed by atoms with E-state index < -0.39 is 24.1 Å². The molecule has 2 aromatic carbocycles. The summed E-state index contributed by atoms with van der Waals surface area (Å²) in [5.74, 6) is -0.838. The van der Waals surface area contributed by atoms with Crippen molar-refractivity contribution in [1.29, 1.82) is 0 Å². The SMILES string of the molecule is C=CC(=O)OCCNC(=O)Oc1cc(OCC2CO2)c(OC(=O)NCCOC(=O)C=C)c2ccccc12. The molecule has 0 aromatic heterocycles. The van der Waals surface area contributed by atoms with Crippen molar-refractivity contribution < 1.29 is 47.6 Å². The summed E-state index contributed by atoms with van der Waals surface area (Å²) in [5.41, 5.74) is 0. The van der Waals surface area contributed by atoms with Gasteiger partial charge in [-0.15, -0.1) is 0 Å². The van der Waals surface area contributed by atoms with E-state index in [1.807, 2.05) is 0 Å². The molecule has 0 bridgehead atoms. The third-order valence-electron chi connectivity index (χ3n) is 4.71. The largest absolute Gasteiger partial charge is 0.487 e. The van der Waals surface area contributed by atoms with Crippen LogP contribution >= 0.6 is 0 Å². The number of carbonyl (C=O) groups excluding carboxylic acids is 4. The Morgan fingerprint density at radius 3 is 2.03 bits per heavy atom. The Morgan fingerprint density at radius 1 is 0.892 bits per heavy atom. The van der Waals surface area contributed by atoms with E-state index in [4.69, 9.17) is 28.4 Å². The Hall–Kier alpha value is -4.58. The number of carbonyl (C=O) groups is 4. The number of amides is 2. The van der Waals surface area contributed by atoms with Gasteiger partial charge in [0, 0.05) is 29.0 Å². The van der Waals surface area contributed by atoms with Gasteiger partial charge in [-0.2, -0.15) is 0 Å². The molecule has 2 N–H and O–H groups in total. The van der Waals surface area contributed by atoms with Gasteiger partial charge in [0.15, 0.2) is 11.5 Å². The maximum atomic E-state index is 12.4. The van der Waals surface area contributed by atoms with Crippen LogP contribution in [0.5, 0.6) is 17.2 Å². The van der Waals surface area contributed by atoms with Crippen LogP contribution in [0.4, 0.5) is 9.59 Å². The van der Waals surface area contributed by atoms with Gasteiger partial charge in [-0.05, 0) is 0 Å². The Morgan fingerprint density at radius 2 is 1.46 bits per heavy atom. The fraction of sp³-hybridized carbons (Fsp3) is 0.280. The van der Waals surface area contributed by atoms with Crippen LogP contribution in [0.1, 0.15) is 0 Å². The predicted octanol–water partition coefficient (Wildman–Crippen LogP) is 2.25. The van der Waals surface area contributed by atoms with Gasteiger partial charge in [0.2, 0.25) is 0 Å². The number of nitrogens with one attached hydrogen (secondary N) is 2. The standard InChI is InChI=1S/C25H26N2O10/c1-3-21(28)32-11-9-26-24(30)36-19-13-20(35-15-16-14-34-16)23(18-8-6-5-7-17(18)19)37-25(31)27-10-12-33-22(29)4-2/h3-8,13,16H,1-2,9-12,14-15H2,(H,26,30)(H,27,31). The minimum atomic E-state index is -0.812. The van der Waals surface area contributed by atoms with Gasteiger partial charge in [-0.1, -0.05) is 37.4 Å². The summed E-state index contributed by atoms with van der Waals surface area (Å²) < 4.78 is 31.6. The van der Waals surface area contributed by atoms with Gasteiger partial charge in [0.05, 0.1) is 19.7 Å². The molecular weight excluding hydrogens is 488 g/mol. The summed E-state index contributed by atoms with van der Waals surface area (Å²) in [6, 6.07) is 8.21. The molecule has 1 aliphatic rings. The van der Waals surface area contributed by atoms with Crippen LogP contribution in [-0.2, 0) is 23.8 Å². The lowest BCUT2D eigenvalue weighted by Gasteiger charge is -2.17. The second-order valence-electron chi connectivity index (χ2n) is 7.39. The van der Waals surface area contributed by atoms with Gasteiger partial charge in [-0.25, -0.2) is 19.2 Å². The van der Waals surface area contributed by atoms with Crippen molar-refractivity contribution >= 4 is 34.9 Å². The average molecular weight is 514 g/mol. The van der Waals surface area contributed by atoms with E-state index in [1.54, 1.807) is 24.3 Å². The summed E-state index contributed by atoms with van der Waals surface area (Å²) in [6.45, 7) is 7.19. The molecule has 12 heteroatoms. The van der Waals surface area contributed by atoms with Crippen molar-refractivity contribution in [2.24, 2.45) is 0 Å². The summed E-state index contributed by atoms with van der Waals surface area (Å²) in [7, 11) is 0. The van der Waals surface area contributed by atoms with Crippen LogP contribution in [0.25, 0.3) is 10.8 Å². The first-order valence-corrected chi connectivity index (χ1v) is 11.2. The molecule has 0 aliphatic carbocycles. The van der Waals surface area contributed by atoms with Gasteiger partial charge >= 0.3 is 24.1 Å². The molecule has 196 valence electrons. The lowest BCUT2D eigenvalue weighted by atomic mass is 10.1. The van der Waals surface area contributed by atoms with Crippen LogP contribution in [0.3, 0.4) is 0 Å².